The van der Waals surface area contributed by atoms with E-state index in [9.17, 15) is 4.79 Å². The van der Waals surface area contributed by atoms with Gasteiger partial charge in [0.1, 0.15) is 5.65 Å². The second-order valence-electron chi connectivity index (χ2n) is 2.87. The number of hydrogen-bond acceptors (Lipinski definition) is 4. The second-order valence-corrected chi connectivity index (χ2v) is 2.87. The third-order valence-electron chi connectivity index (χ3n) is 1.83. The molecule has 0 fully saturated rings. The number of imidazole rings is 1. The molecule has 0 aliphatic carbocycles. The monoisotopic (exact) mass is 206 g/mol. The summed E-state index contributed by atoms with van der Waals surface area (Å²) in [7, 11) is 0. The molecule has 5 heteroatoms. The van der Waals surface area contributed by atoms with Crippen LogP contribution in [0.3, 0.4) is 0 Å². The van der Waals surface area contributed by atoms with Crippen molar-refractivity contribution in [3.8, 4) is 0 Å². The Kier molecular flexibility index (Phi) is 2.64. The molecule has 2 aromatic rings. The van der Waals surface area contributed by atoms with Crippen LogP contribution in [0.15, 0.2) is 30.6 Å². The maximum Gasteiger partial charge on any atom is 0.392 e. The first-order valence-electron chi connectivity index (χ1n) is 4.59. The zero-order valence-electron chi connectivity index (χ0n) is 8.21. The smallest absolute Gasteiger partial charge is 0.306 e. The number of nitrogens with zero attached hydrogens (tertiary/aromatic N) is 2. The molecule has 0 aromatic carbocycles. The quantitative estimate of drug-likeness (QED) is 0.563. The molecule has 15 heavy (non-hydrogen) atoms. The molecule has 0 unspecified atom stereocenters. The molecule has 2 heterocycles. The van der Waals surface area contributed by atoms with Crippen molar-refractivity contribution in [2.75, 3.05) is 6.61 Å². The Labute approximate surface area is 86.2 Å². The molecule has 0 amide bonds. The lowest BCUT2D eigenvalue weighted by molar-refractivity contribution is -0.237. The van der Waals surface area contributed by atoms with E-state index in [-0.39, 0.29) is 5.69 Å². The predicted molar refractivity (Wildman–Crippen MR) is 52.2 cm³/mol. The Hall–Kier alpha value is -1.88. The van der Waals surface area contributed by atoms with Crippen LogP contribution in [0, 0.1) is 0 Å². The number of aromatic nitrogens is 2. The van der Waals surface area contributed by atoms with Crippen molar-refractivity contribution in [3.05, 3.63) is 36.3 Å². The molecule has 0 aliphatic heterocycles. The van der Waals surface area contributed by atoms with Gasteiger partial charge >= 0.3 is 5.97 Å². The third kappa shape index (κ3) is 1.97. The summed E-state index contributed by atoms with van der Waals surface area (Å²) in [6.45, 7) is 2.05. The van der Waals surface area contributed by atoms with Crippen LogP contribution in [0.4, 0.5) is 0 Å². The van der Waals surface area contributed by atoms with Gasteiger partial charge < -0.3 is 4.40 Å². The first-order chi connectivity index (χ1) is 7.31. The molecule has 2 aromatic heterocycles. The lowest BCUT2D eigenvalue weighted by atomic mass is 10.5. The standard InChI is InChI=1S/C10H10N2O3/c1-2-14-15-10(13)8-7-12-6-4-3-5-9(12)11-8/h3-7H,2H2,1H3. The van der Waals surface area contributed by atoms with Gasteiger partial charge in [-0.1, -0.05) is 6.07 Å². The fourth-order valence-corrected chi connectivity index (χ4v) is 1.19. The molecule has 0 saturated carbocycles. The summed E-state index contributed by atoms with van der Waals surface area (Å²) in [4.78, 5) is 24.5. The van der Waals surface area contributed by atoms with E-state index in [0.717, 1.165) is 0 Å². The molecule has 0 atom stereocenters. The Morgan fingerprint density at radius 3 is 3.13 bits per heavy atom. The molecule has 2 rings (SSSR count). The van der Waals surface area contributed by atoms with E-state index >= 15 is 0 Å². The summed E-state index contributed by atoms with van der Waals surface area (Å²) in [5.74, 6) is -0.583. The second kappa shape index (κ2) is 4.10. The topological polar surface area (TPSA) is 52.8 Å². The summed E-state index contributed by atoms with van der Waals surface area (Å²) in [5, 5.41) is 0. The average Bonchev–Trinajstić information content (AvgIpc) is 2.69. The number of rotatable bonds is 3. The summed E-state index contributed by atoms with van der Waals surface area (Å²) in [5.41, 5.74) is 0.926. The molecular formula is C10H10N2O3. The van der Waals surface area contributed by atoms with Crippen molar-refractivity contribution < 1.29 is 14.6 Å². The van der Waals surface area contributed by atoms with Crippen LogP contribution in [0.5, 0.6) is 0 Å². The van der Waals surface area contributed by atoms with Gasteiger partial charge in [0.25, 0.3) is 0 Å². The van der Waals surface area contributed by atoms with Crippen molar-refractivity contribution in [2.45, 2.75) is 6.92 Å². The molecule has 0 N–H and O–H groups in total. The SMILES string of the molecule is CCOOC(=O)c1cn2ccccc2n1. The minimum atomic E-state index is -0.583. The van der Waals surface area contributed by atoms with Gasteiger partial charge in [-0.25, -0.2) is 9.78 Å². The van der Waals surface area contributed by atoms with E-state index in [1.807, 2.05) is 12.1 Å². The fraction of sp³-hybridized carbons (Fsp3) is 0.200. The highest BCUT2D eigenvalue weighted by Crippen LogP contribution is 2.05. The van der Waals surface area contributed by atoms with Gasteiger partial charge in [-0.3, -0.25) is 4.89 Å². The first kappa shape index (κ1) is 9.67. The van der Waals surface area contributed by atoms with Gasteiger partial charge in [0.15, 0.2) is 5.69 Å². The van der Waals surface area contributed by atoms with Crippen LogP contribution in [0.1, 0.15) is 17.4 Å². The Bertz CT molecular complexity index is 445. The van der Waals surface area contributed by atoms with Crippen molar-refractivity contribution in [3.63, 3.8) is 0 Å². The lowest BCUT2D eigenvalue weighted by Crippen LogP contribution is -2.06. The predicted octanol–water partition coefficient (Wildman–Crippen LogP) is 1.44. The fourth-order valence-electron chi connectivity index (χ4n) is 1.19. The van der Waals surface area contributed by atoms with Crippen molar-refractivity contribution in [1.29, 1.82) is 0 Å². The van der Waals surface area contributed by atoms with Gasteiger partial charge in [0, 0.05) is 12.4 Å². The Morgan fingerprint density at radius 2 is 2.40 bits per heavy atom. The number of pyridine rings is 1. The molecule has 0 saturated heterocycles. The number of carbonyl (C=O) groups is 1. The minimum absolute atomic E-state index is 0.231. The highest BCUT2D eigenvalue weighted by Gasteiger charge is 2.12. The van der Waals surface area contributed by atoms with Crippen LogP contribution in [0.2, 0.25) is 0 Å². The van der Waals surface area contributed by atoms with E-state index in [2.05, 4.69) is 14.8 Å². The van der Waals surface area contributed by atoms with Crippen LogP contribution in [-0.4, -0.2) is 22.0 Å². The molecule has 0 bridgehead atoms. The minimum Gasteiger partial charge on any atom is -0.306 e. The van der Waals surface area contributed by atoms with Crippen molar-refractivity contribution in [1.82, 2.24) is 9.38 Å². The summed E-state index contributed by atoms with van der Waals surface area (Å²) in [6, 6.07) is 5.50. The summed E-state index contributed by atoms with van der Waals surface area (Å²) < 4.78 is 1.74. The van der Waals surface area contributed by atoms with E-state index in [1.54, 1.807) is 29.8 Å². The van der Waals surface area contributed by atoms with Gasteiger partial charge in [-0.05, 0) is 19.1 Å². The van der Waals surface area contributed by atoms with Gasteiger partial charge in [-0.15, -0.1) is 0 Å². The largest absolute Gasteiger partial charge is 0.392 e. The molecule has 78 valence electrons. The zero-order chi connectivity index (χ0) is 10.7. The van der Waals surface area contributed by atoms with Gasteiger partial charge in [-0.2, -0.15) is 4.89 Å². The molecule has 5 nitrogen and oxygen atoms in total. The van der Waals surface area contributed by atoms with Crippen molar-refractivity contribution in [2.24, 2.45) is 0 Å². The van der Waals surface area contributed by atoms with Crippen LogP contribution in [0.25, 0.3) is 5.65 Å². The highest BCUT2D eigenvalue weighted by molar-refractivity contribution is 5.87. The molecule has 0 spiro atoms. The van der Waals surface area contributed by atoms with E-state index in [0.29, 0.717) is 12.3 Å². The van der Waals surface area contributed by atoms with Crippen LogP contribution >= 0.6 is 0 Å². The molecule has 0 aliphatic rings. The van der Waals surface area contributed by atoms with E-state index in [1.165, 1.54) is 0 Å². The Balaban J connectivity index is 2.25. The van der Waals surface area contributed by atoms with Crippen LogP contribution in [-0.2, 0) is 9.78 Å². The average molecular weight is 206 g/mol. The zero-order valence-corrected chi connectivity index (χ0v) is 8.21. The number of fused-ring (bicyclic) bond motifs is 1. The maximum absolute atomic E-state index is 11.4. The normalized spacial score (nSPS) is 10.5. The Morgan fingerprint density at radius 1 is 1.53 bits per heavy atom. The number of carbonyl (C=O) groups excluding carboxylic acids is 1. The molecule has 0 radical (unpaired) electrons. The van der Waals surface area contributed by atoms with Gasteiger partial charge in [0.05, 0.1) is 6.61 Å². The summed E-state index contributed by atoms with van der Waals surface area (Å²) in [6.07, 6.45) is 3.40. The highest BCUT2D eigenvalue weighted by atomic mass is 17.2. The first-order valence-corrected chi connectivity index (χ1v) is 4.59. The van der Waals surface area contributed by atoms with E-state index < -0.39 is 5.97 Å². The lowest BCUT2D eigenvalue weighted by Gasteiger charge is -1.96. The maximum atomic E-state index is 11.4. The van der Waals surface area contributed by atoms with Crippen LogP contribution < -0.4 is 0 Å². The molecular weight excluding hydrogens is 196 g/mol. The van der Waals surface area contributed by atoms with E-state index in [4.69, 9.17) is 0 Å². The summed E-state index contributed by atoms with van der Waals surface area (Å²) >= 11 is 0. The van der Waals surface area contributed by atoms with Gasteiger partial charge in [0.2, 0.25) is 0 Å². The van der Waals surface area contributed by atoms with Crippen molar-refractivity contribution >= 4 is 11.6 Å². The third-order valence-corrected chi connectivity index (χ3v) is 1.83. The number of hydrogen-bond donors (Lipinski definition) is 0.